The number of benzene rings is 1. The molecule has 1 aromatic rings. The van der Waals surface area contributed by atoms with Gasteiger partial charge in [-0.05, 0) is 19.1 Å². The number of carbonyl (C=O) groups excluding carboxylic acids is 3. The second-order valence-corrected chi connectivity index (χ2v) is 4.30. The fraction of sp³-hybridized carbons (Fsp3) is 0.308. The molecule has 0 N–H and O–H groups in total. The van der Waals surface area contributed by atoms with E-state index in [9.17, 15) is 24.5 Å². The third kappa shape index (κ3) is 2.60. The van der Waals surface area contributed by atoms with Crippen LogP contribution in [0, 0.1) is 10.1 Å². The number of fused-ring (bicyclic) bond motifs is 1. The highest BCUT2D eigenvalue weighted by Gasteiger charge is 2.45. The number of hydrogen-bond donors (Lipinski definition) is 0. The predicted octanol–water partition coefficient (Wildman–Crippen LogP) is 0.424. The summed E-state index contributed by atoms with van der Waals surface area (Å²) in [4.78, 5) is 46.7. The fourth-order valence-corrected chi connectivity index (χ4v) is 2.16. The van der Waals surface area contributed by atoms with Gasteiger partial charge in [-0.15, -0.1) is 0 Å². The highest BCUT2D eigenvalue weighted by atomic mass is 16.6. The summed E-state index contributed by atoms with van der Waals surface area (Å²) in [5.41, 5.74) is 0.313. The molecule has 2 rings (SSSR count). The molecular formula is C13H12N2O6. The van der Waals surface area contributed by atoms with Crippen molar-refractivity contribution in [2.75, 3.05) is 18.1 Å². The van der Waals surface area contributed by atoms with Crippen LogP contribution < -0.4 is 4.90 Å². The van der Waals surface area contributed by atoms with Gasteiger partial charge >= 0.3 is 11.9 Å². The van der Waals surface area contributed by atoms with Crippen LogP contribution in [-0.2, 0) is 14.3 Å². The van der Waals surface area contributed by atoms with Crippen LogP contribution in [0.15, 0.2) is 24.3 Å². The molecular weight excluding hydrogens is 280 g/mol. The number of Topliss-reactive ketones (excluding diaryl/α,β-unsaturated/α-hetero) is 1. The minimum Gasteiger partial charge on any atom is -0.464 e. The highest BCUT2D eigenvalue weighted by molar-refractivity contribution is 6.52. The van der Waals surface area contributed by atoms with Crippen LogP contribution in [0.3, 0.4) is 0 Å². The maximum Gasteiger partial charge on any atom is 0.336 e. The van der Waals surface area contributed by atoms with Gasteiger partial charge in [0.05, 0.1) is 17.9 Å². The lowest BCUT2D eigenvalue weighted by Crippen LogP contribution is -2.49. The Hall–Kier alpha value is -2.77. The average Bonchev–Trinajstić information content (AvgIpc) is 2.69. The van der Waals surface area contributed by atoms with Crippen molar-refractivity contribution in [3.63, 3.8) is 0 Å². The molecule has 0 spiro atoms. The van der Waals surface area contributed by atoms with Crippen LogP contribution in [0.2, 0.25) is 0 Å². The number of ether oxygens (including phenoxy) is 1. The Bertz CT molecular complexity index is 627. The minimum atomic E-state index is -1.46. The van der Waals surface area contributed by atoms with Crippen LogP contribution >= 0.6 is 0 Å². The Labute approximate surface area is 119 Å². The molecule has 8 nitrogen and oxygen atoms in total. The molecule has 1 heterocycles. The molecule has 1 amide bonds. The highest BCUT2D eigenvalue weighted by Crippen LogP contribution is 2.30. The Kier molecular flexibility index (Phi) is 3.97. The van der Waals surface area contributed by atoms with Gasteiger partial charge in [0.1, 0.15) is 0 Å². The third-order valence-corrected chi connectivity index (χ3v) is 3.01. The molecule has 0 saturated carbocycles. The first-order valence-electron chi connectivity index (χ1n) is 6.22. The molecule has 1 aromatic carbocycles. The van der Waals surface area contributed by atoms with Crippen molar-refractivity contribution in [1.29, 1.82) is 0 Å². The second kappa shape index (κ2) is 5.70. The van der Waals surface area contributed by atoms with E-state index in [2.05, 4.69) is 0 Å². The van der Waals surface area contributed by atoms with Crippen LogP contribution in [0.4, 0.5) is 5.69 Å². The molecule has 1 atom stereocenters. The van der Waals surface area contributed by atoms with E-state index in [-0.39, 0.29) is 17.9 Å². The molecule has 0 aliphatic carbocycles. The van der Waals surface area contributed by atoms with E-state index in [4.69, 9.17) is 4.74 Å². The number of ketones is 1. The number of hydrogen-bond acceptors (Lipinski definition) is 6. The molecule has 0 fully saturated rings. The summed E-state index contributed by atoms with van der Waals surface area (Å²) in [6.07, 6.45) is 0. The molecule has 0 saturated heterocycles. The summed E-state index contributed by atoms with van der Waals surface area (Å²) in [7, 11) is 0. The average molecular weight is 292 g/mol. The number of esters is 1. The minimum absolute atomic E-state index is 0.0185. The summed E-state index contributed by atoms with van der Waals surface area (Å²) in [5, 5.41) is 10.8. The van der Waals surface area contributed by atoms with E-state index < -0.39 is 35.2 Å². The number of para-hydroxylation sites is 1. The van der Waals surface area contributed by atoms with Crippen LogP contribution in [0.25, 0.3) is 0 Å². The zero-order chi connectivity index (χ0) is 15.6. The first-order chi connectivity index (χ1) is 9.97. The summed E-state index contributed by atoms with van der Waals surface area (Å²) in [6, 6.07) is 4.58. The predicted molar refractivity (Wildman–Crippen MR) is 70.5 cm³/mol. The number of anilines is 1. The van der Waals surface area contributed by atoms with Gasteiger partial charge in [-0.3, -0.25) is 24.6 Å². The maximum absolute atomic E-state index is 12.0. The molecule has 8 heteroatoms. The first-order valence-corrected chi connectivity index (χ1v) is 6.22. The van der Waals surface area contributed by atoms with Crippen molar-refractivity contribution in [2.24, 2.45) is 0 Å². The van der Waals surface area contributed by atoms with E-state index in [0.29, 0.717) is 0 Å². The standard InChI is InChI=1S/C13H12N2O6/c1-2-21-13(18)10(7-14(19)20)15-9-6-4-3-5-8(9)11(16)12(15)17/h3-6,10H,2,7H2,1H3. The maximum atomic E-state index is 12.0. The topological polar surface area (TPSA) is 107 Å². The Morgan fingerprint density at radius 1 is 1.38 bits per heavy atom. The second-order valence-electron chi connectivity index (χ2n) is 4.30. The lowest BCUT2D eigenvalue weighted by molar-refractivity contribution is -0.480. The number of amides is 1. The van der Waals surface area contributed by atoms with Crippen molar-refractivity contribution >= 4 is 23.3 Å². The van der Waals surface area contributed by atoms with Crippen molar-refractivity contribution in [3.05, 3.63) is 39.9 Å². The molecule has 21 heavy (non-hydrogen) atoms. The van der Waals surface area contributed by atoms with Gasteiger partial charge < -0.3 is 4.74 Å². The Balaban J connectivity index is 2.44. The summed E-state index contributed by atoms with van der Waals surface area (Å²) >= 11 is 0. The molecule has 1 aliphatic heterocycles. The van der Waals surface area contributed by atoms with E-state index >= 15 is 0 Å². The van der Waals surface area contributed by atoms with Crippen LogP contribution in [0.5, 0.6) is 0 Å². The Morgan fingerprint density at radius 2 is 2.05 bits per heavy atom. The molecule has 1 unspecified atom stereocenters. The zero-order valence-electron chi connectivity index (χ0n) is 11.1. The van der Waals surface area contributed by atoms with Crippen LogP contribution in [-0.4, -0.2) is 41.8 Å². The molecule has 0 radical (unpaired) electrons. The summed E-state index contributed by atoms with van der Waals surface area (Å²) in [6.45, 7) is 0.739. The van der Waals surface area contributed by atoms with Crippen molar-refractivity contribution in [3.8, 4) is 0 Å². The monoisotopic (exact) mass is 292 g/mol. The molecule has 110 valence electrons. The van der Waals surface area contributed by atoms with Gasteiger partial charge in [0.15, 0.2) is 6.04 Å². The molecule has 1 aliphatic rings. The van der Waals surface area contributed by atoms with Crippen molar-refractivity contribution in [1.82, 2.24) is 0 Å². The number of rotatable bonds is 5. The van der Waals surface area contributed by atoms with Crippen molar-refractivity contribution in [2.45, 2.75) is 13.0 Å². The Morgan fingerprint density at radius 3 is 2.67 bits per heavy atom. The van der Waals surface area contributed by atoms with Gasteiger partial charge in [-0.1, -0.05) is 12.1 Å². The SMILES string of the molecule is CCOC(=O)C(C[N+](=O)[O-])N1C(=O)C(=O)c2ccccc21. The van der Waals surface area contributed by atoms with Crippen LogP contribution in [0.1, 0.15) is 17.3 Å². The summed E-state index contributed by atoms with van der Waals surface area (Å²) in [5.74, 6) is -2.66. The van der Waals surface area contributed by atoms with Gasteiger partial charge in [-0.2, -0.15) is 0 Å². The largest absolute Gasteiger partial charge is 0.464 e. The lowest BCUT2D eigenvalue weighted by atomic mass is 10.1. The van der Waals surface area contributed by atoms with E-state index in [1.165, 1.54) is 12.1 Å². The first kappa shape index (κ1) is 14.6. The third-order valence-electron chi connectivity index (χ3n) is 3.01. The van der Waals surface area contributed by atoms with Gasteiger partial charge in [0, 0.05) is 4.92 Å². The van der Waals surface area contributed by atoms with Gasteiger partial charge in [0.25, 0.3) is 5.78 Å². The number of carbonyl (C=O) groups is 3. The normalized spacial score (nSPS) is 14.8. The van der Waals surface area contributed by atoms with E-state index in [1.54, 1.807) is 19.1 Å². The molecule has 0 bridgehead atoms. The lowest BCUT2D eigenvalue weighted by Gasteiger charge is -2.23. The number of nitrogens with zero attached hydrogens (tertiary/aromatic N) is 2. The summed E-state index contributed by atoms with van der Waals surface area (Å²) < 4.78 is 4.77. The van der Waals surface area contributed by atoms with Crippen molar-refractivity contribution < 1.29 is 24.0 Å². The fourth-order valence-electron chi connectivity index (χ4n) is 2.16. The quantitative estimate of drug-likeness (QED) is 0.337. The smallest absolute Gasteiger partial charge is 0.336 e. The molecule has 0 aromatic heterocycles. The van der Waals surface area contributed by atoms with E-state index in [0.717, 1.165) is 4.90 Å². The number of nitro groups is 1. The zero-order valence-corrected chi connectivity index (χ0v) is 11.1. The van der Waals surface area contributed by atoms with E-state index in [1.807, 2.05) is 0 Å². The van der Waals surface area contributed by atoms with Gasteiger partial charge in [-0.25, -0.2) is 4.79 Å². The van der Waals surface area contributed by atoms with Gasteiger partial charge in [0.2, 0.25) is 6.54 Å².